The fourth-order valence-electron chi connectivity index (χ4n) is 9.66. The molecule has 1 unspecified atom stereocenters. The Morgan fingerprint density at radius 1 is 0.966 bits per heavy atom. The molecule has 4 aromatic carbocycles. The molecule has 2 N–H and O–H groups in total. The van der Waals surface area contributed by atoms with Gasteiger partial charge < -0.3 is 19.5 Å². The molecule has 5 atom stereocenters. The summed E-state index contributed by atoms with van der Waals surface area (Å²) in [6.45, 7) is 12.9. The van der Waals surface area contributed by atoms with Gasteiger partial charge in [-0.25, -0.2) is 0 Å². The lowest BCUT2D eigenvalue weighted by Gasteiger charge is -2.32. The van der Waals surface area contributed by atoms with Crippen LogP contribution in [0.1, 0.15) is 80.1 Å². The van der Waals surface area contributed by atoms with Crippen LogP contribution in [0.2, 0.25) is 18.6 Å². The summed E-state index contributed by atoms with van der Waals surface area (Å²) in [4.78, 5) is 44.9. The largest absolute Gasteiger partial charge is 0.432 e. The second kappa shape index (κ2) is 15.5. The van der Waals surface area contributed by atoms with Gasteiger partial charge in [0.05, 0.1) is 41.3 Å². The molecule has 300 valence electrons. The van der Waals surface area contributed by atoms with Gasteiger partial charge in [0.15, 0.2) is 13.9 Å². The molecular weight excluding hydrogens is 743 g/mol. The fourth-order valence-corrected chi connectivity index (χ4v) is 12.3. The summed E-state index contributed by atoms with van der Waals surface area (Å²) in [6.07, 6.45) is 8.06. The molecular formula is C47H53N5O5Si. The Morgan fingerprint density at radius 3 is 2.45 bits per heavy atom. The topological polar surface area (TPSA) is 121 Å². The summed E-state index contributed by atoms with van der Waals surface area (Å²) in [7, 11) is -2.96. The number of anilines is 3. The number of aliphatic hydroxyl groups excluding tert-OH is 1. The van der Waals surface area contributed by atoms with Crippen LogP contribution in [0.5, 0.6) is 0 Å². The minimum atomic E-state index is -2.96. The molecule has 58 heavy (non-hydrogen) atoms. The summed E-state index contributed by atoms with van der Waals surface area (Å²) in [6, 6.07) is 27.4. The second-order valence-electron chi connectivity index (χ2n) is 17.0. The number of carbonyl (C=O) groups is 2. The first kappa shape index (κ1) is 39.6. The zero-order valence-electron chi connectivity index (χ0n) is 34.2. The quantitative estimate of drug-likeness (QED) is 0.0903. The van der Waals surface area contributed by atoms with Crippen LogP contribution >= 0.6 is 0 Å². The average Bonchev–Trinajstić information content (AvgIpc) is 3.92. The van der Waals surface area contributed by atoms with Crippen LogP contribution < -0.4 is 9.80 Å². The number of hydrogen-bond donors (Lipinski definition) is 2. The molecule has 1 saturated heterocycles. The van der Waals surface area contributed by atoms with E-state index < -0.39 is 20.0 Å². The van der Waals surface area contributed by atoms with Gasteiger partial charge in [0.2, 0.25) is 0 Å². The number of nitrogens with zero attached hydrogens (tertiary/aromatic N) is 5. The number of allylic oxidation sites excluding steroid dienone is 3. The minimum Gasteiger partial charge on any atom is -0.432 e. The maximum absolute atomic E-state index is 15.2. The van der Waals surface area contributed by atoms with Gasteiger partial charge in [-0.05, 0) is 94.4 Å². The van der Waals surface area contributed by atoms with E-state index in [-0.39, 0.29) is 35.8 Å². The SMILES string of the molecule is CC(C)=CCC/C(C)=C/CN1C(=O)[C@@]2(O[C@@H](CCn3cc(C(CO)c4ccccc4)nn3)[C@H]([Si](C)(C)O)[C@H]2C)c2cc(N3C(=O)c4cccc5cccc3c45)ccc21. The Hall–Kier alpha value is -5.20. The molecule has 0 bridgehead atoms. The van der Waals surface area contributed by atoms with Gasteiger partial charge in [-0.3, -0.25) is 19.2 Å². The highest BCUT2D eigenvalue weighted by Crippen LogP contribution is 2.60. The van der Waals surface area contributed by atoms with Gasteiger partial charge in [-0.1, -0.05) is 90.0 Å². The lowest BCUT2D eigenvalue weighted by molar-refractivity contribution is -0.145. The zero-order chi connectivity index (χ0) is 40.9. The maximum atomic E-state index is 15.2. The van der Waals surface area contributed by atoms with Crippen molar-refractivity contribution >= 4 is 48.0 Å². The van der Waals surface area contributed by atoms with Crippen molar-refractivity contribution in [2.45, 2.75) is 89.8 Å². The molecule has 10 nitrogen and oxygen atoms in total. The van der Waals surface area contributed by atoms with Crippen molar-refractivity contribution in [3.8, 4) is 0 Å². The Morgan fingerprint density at radius 2 is 1.72 bits per heavy atom. The highest BCUT2D eigenvalue weighted by Gasteiger charge is 2.66. The van der Waals surface area contributed by atoms with Crippen LogP contribution in [0.4, 0.5) is 17.1 Å². The number of aliphatic hydroxyl groups is 1. The first-order valence-electron chi connectivity index (χ1n) is 20.4. The highest BCUT2D eigenvalue weighted by molar-refractivity contribution is 6.71. The number of benzene rings is 4. The van der Waals surface area contributed by atoms with Gasteiger partial charge in [-0.2, -0.15) is 0 Å². The lowest BCUT2D eigenvalue weighted by Crippen LogP contribution is -2.46. The predicted molar refractivity (Wildman–Crippen MR) is 231 cm³/mol. The third-order valence-electron chi connectivity index (χ3n) is 12.4. The molecule has 3 aliphatic rings. The Kier molecular flexibility index (Phi) is 10.6. The third kappa shape index (κ3) is 6.83. The van der Waals surface area contributed by atoms with E-state index in [4.69, 9.17) is 4.74 Å². The minimum absolute atomic E-state index is 0.102. The van der Waals surface area contributed by atoms with Crippen molar-refractivity contribution in [3.63, 3.8) is 0 Å². The predicted octanol–water partition coefficient (Wildman–Crippen LogP) is 8.77. The van der Waals surface area contributed by atoms with Crippen LogP contribution in [-0.4, -0.2) is 64.3 Å². The molecule has 0 radical (unpaired) electrons. The molecule has 2 amide bonds. The molecule has 1 fully saturated rings. The smallest absolute Gasteiger partial charge is 0.264 e. The molecule has 1 spiro atoms. The van der Waals surface area contributed by atoms with Crippen molar-refractivity contribution in [1.82, 2.24) is 15.0 Å². The van der Waals surface area contributed by atoms with E-state index in [9.17, 15) is 14.7 Å². The molecule has 4 heterocycles. The second-order valence-corrected chi connectivity index (χ2v) is 21.0. The summed E-state index contributed by atoms with van der Waals surface area (Å²) in [5.74, 6) is -0.949. The molecule has 11 heteroatoms. The van der Waals surface area contributed by atoms with Crippen molar-refractivity contribution in [3.05, 3.63) is 137 Å². The first-order chi connectivity index (χ1) is 27.8. The van der Waals surface area contributed by atoms with Gasteiger partial charge >= 0.3 is 0 Å². The van der Waals surface area contributed by atoms with E-state index in [1.807, 2.05) is 116 Å². The van der Waals surface area contributed by atoms with Gasteiger partial charge in [0, 0.05) is 47.4 Å². The molecule has 1 aromatic heterocycles. The highest BCUT2D eigenvalue weighted by atomic mass is 28.4. The summed E-state index contributed by atoms with van der Waals surface area (Å²) < 4.78 is 8.97. The van der Waals surface area contributed by atoms with Crippen LogP contribution in [0.15, 0.2) is 114 Å². The van der Waals surface area contributed by atoms with Crippen molar-refractivity contribution < 1.29 is 24.2 Å². The van der Waals surface area contributed by atoms with E-state index in [2.05, 4.69) is 43.2 Å². The van der Waals surface area contributed by atoms with Crippen molar-refractivity contribution in [2.75, 3.05) is 23.0 Å². The monoisotopic (exact) mass is 795 g/mol. The van der Waals surface area contributed by atoms with Crippen LogP contribution in [0.25, 0.3) is 10.8 Å². The van der Waals surface area contributed by atoms with E-state index >= 15 is 4.79 Å². The van der Waals surface area contributed by atoms with Gasteiger partial charge in [0.25, 0.3) is 11.8 Å². The number of amides is 2. The summed E-state index contributed by atoms with van der Waals surface area (Å²) >= 11 is 0. The molecule has 0 aliphatic carbocycles. The fraction of sp³-hybridized carbons (Fsp3) is 0.362. The Bertz CT molecular complexity index is 2430. The molecule has 0 saturated carbocycles. The van der Waals surface area contributed by atoms with Gasteiger partial charge in [-0.15, -0.1) is 5.10 Å². The number of hydrogen-bond acceptors (Lipinski definition) is 7. The molecule has 3 aliphatic heterocycles. The Balaban J connectivity index is 1.16. The van der Waals surface area contributed by atoms with Crippen molar-refractivity contribution in [1.29, 1.82) is 0 Å². The number of fused-ring (bicyclic) bond motifs is 2. The normalized spacial score (nSPS) is 22.1. The maximum Gasteiger partial charge on any atom is 0.264 e. The first-order valence-corrected chi connectivity index (χ1v) is 23.4. The molecule has 5 aromatic rings. The summed E-state index contributed by atoms with van der Waals surface area (Å²) in [5.41, 5.74) is 6.02. The number of aromatic nitrogens is 3. The Labute approximate surface area is 341 Å². The number of carbonyl (C=O) groups excluding carboxylic acids is 2. The van der Waals surface area contributed by atoms with Crippen LogP contribution in [0.3, 0.4) is 0 Å². The van der Waals surface area contributed by atoms with Crippen molar-refractivity contribution in [2.24, 2.45) is 5.92 Å². The number of ether oxygens (including phenoxy) is 1. The van der Waals surface area contributed by atoms with Crippen LogP contribution in [0, 0.1) is 5.92 Å². The standard InChI is InChI=1S/C47H53N5O5Si/c1-30(2)13-10-14-31(3)23-26-51-40-22-21-35(52-41-20-12-18-34-17-11-19-36(43(34)41)45(52)54)27-38(40)47(46(51)55)32(4)44(58(5,6)56)42(57-47)24-25-50-28-39(48-49-50)37(29-53)33-15-8-7-9-16-33/h7-9,11-13,15-23,27-28,32,37,42,44,53,56H,10,14,24-26,29H2,1-6H3/b31-23+/t32-,37?,42+,44-,47+/m1/s1. The zero-order valence-corrected chi connectivity index (χ0v) is 35.2. The number of rotatable bonds is 13. The van der Waals surface area contributed by atoms with E-state index in [0.717, 1.165) is 46.1 Å². The van der Waals surface area contributed by atoms with E-state index in [1.54, 1.807) is 9.58 Å². The number of aryl methyl sites for hydroxylation is 1. The van der Waals surface area contributed by atoms with E-state index in [1.165, 1.54) is 11.1 Å². The van der Waals surface area contributed by atoms with Gasteiger partial charge in [0.1, 0.15) is 0 Å². The van der Waals surface area contributed by atoms with Crippen LogP contribution in [-0.2, 0) is 21.7 Å². The van der Waals surface area contributed by atoms with E-state index in [0.29, 0.717) is 36.5 Å². The average molecular weight is 796 g/mol. The summed E-state index contributed by atoms with van der Waals surface area (Å²) in [5, 5.41) is 21.0. The third-order valence-corrected chi connectivity index (χ3v) is 14.9. The molecule has 8 rings (SSSR count). The lowest BCUT2D eigenvalue weighted by atomic mass is 9.82.